The summed E-state index contributed by atoms with van der Waals surface area (Å²) in [6.07, 6.45) is 2.61. The number of nitro benzene ring substituents is 1. The highest BCUT2D eigenvalue weighted by atomic mass is 32.2. The molecule has 0 atom stereocenters. The van der Waals surface area contributed by atoms with Gasteiger partial charge >= 0.3 is 0 Å². The van der Waals surface area contributed by atoms with Crippen LogP contribution in [0.3, 0.4) is 0 Å². The lowest BCUT2D eigenvalue weighted by molar-refractivity contribution is -0.384. The van der Waals surface area contributed by atoms with E-state index in [1.54, 1.807) is 36.4 Å². The van der Waals surface area contributed by atoms with Crippen molar-refractivity contribution in [3.63, 3.8) is 0 Å². The van der Waals surface area contributed by atoms with Gasteiger partial charge in [-0.3, -0.25) is 14.9 Å². The topological polar surface area (TPSA) is 144 Å². The minimum atomic E-state index is -3.97. The van der Waals surface area contributed by atoms with E-state index in [0.717, 1.165) is 15.6 Å². The van der Waals surface area contributed by atoms with Gasteiger partial charge in [-0.25, -0.2) is 12.4 Å². The van der Waals surface area contributed by atoms with Gasteiger partial charge in [0.1, 0.15) is 17.4 Å². The molecule has 0 aliphatic heterocycles. The van der Waals surface area contributed by atoms with Crippen LogP contribution in [0.1, 0.15) is 11.1 Å². The number of hydrogen-bond donors (Lipinski definition) is 1. The molecule has 4 rings (SSSR count). The third kappa shape index (κ3) is 4.91. The van der Waals surface area contributed by atoms with E-state index in [4.69, 9.17) is 4.74 Å². The molecule has 4 aromatic rings. The minimum Gasteiger partial charge on any atom is -0.495 e. The van der Waals surface area contributed by atoms with E-state index in [0.29, 0.717) is 16.5 Å². The number of carbonyl (C=O) groups is 1. The Morgan fingerprint density at radius 1 is 1.14 bits per heavy atom. The Balaban J connectivity index is 1.77. The van der Waals surface area contributed by atoms with Gasteiger partial charge in [0, 0.05) is 29.3 Å². The van der Waals surface area contributed by atoms with Gasteiger partial charge in [-0.05, 0) is 37.3 Å². The third-order valence-electron chi connectivity index (χ3n) is 5.59. The van der Waals surface area contributed by atoms with E-state index in [2.05, 4.69) is 5.32 Å². The molecule has 186 valence electrons. The second-order valence-electron chi connectivity index (χ2n) is 7.98. The van der Waals surface area contributed by atoms with Crippen molar-refractivity contribution < 1.29 is 22.9 Å². The number of aryl methyl sites for hydroxylation is 1. The van der Waals surface area contributed by atoms with Crippen molar-refractivity contribution >= 4 is 44.3 Å². The highest BCUT2D eigenvalue weighted by Gasteiger charge is 2.22. The molecule has 11 heteroatoms. The van der Waals surface area contributed by atoms with Crippen LogP contribution in [0.15, 0.2) is 83.4 Å². The monoisotopic (exact) mass is 516 g/mol. The zero-order chi connectivity index (χ0) is 26.7. The number of nitro groups is 1. The summed E-state index contributed by atoms with van der Waals surface area (Å²) in [5, 5.41) is 23.8. The van der Waals surface area contributed by atoms with E-state index < -0.39 is 20.9 Å². The Labute approximate surface area is 212 Å². The van der Waals surface area contributed by atoms with Crippen molar-refractivity contribution in [1.29, 1.82) is 5.26 Å². The van der Waals surface area contributed by atoms with E-state index in [1.807, 2.05) is 13.0 Å². The molecule has 0 aliphatic carbocycles. The molecule has 1 N–H and O–H groups in total. The molecule has 0 aliphatic rings. The second kappa shape index (κ2) is 9.96. The summed E-state index contributed by atoms with van der Waals surface area (Å²) in [6.45, 7) is 1.85. The molecular weight excluding hydrogens is 496 g/mol. The summed E-state index contributed by atoms with van der Waals surface area (Å²) >= 11 is 0. The van der Waals surface area contributed by atoms with Gasteiger partial charge in [0.15, 0.2) is 0 Å². The van der Waals surface area contributed by atoms with Crippen LogP contribution >= 0.6 is 0 Å². The Kier molecular flexibility index (Phi) is 6.77. The first-order chi connectivity index (χ1) is 17.6. The number of non-ortho nitro benzene ring substituents is 1. The van der Waals surface area contributed by atoms with Gasteiger partial charge in [0.25, 0.3) is 21.6 Å². The van der Waals surface area contributed by atoms with Crippen molar-refractivity contribution in [3.05, 3.63) is 99.7 Å². The van der Waals surface area contributed by atoms with Crippen LogP contribution in [0, 0.1) is 28.4 Å². The molecule has 37 heavy (non-hydrogen) atoms. The van der Waals surface area contributed by atoms with Crippen molar-refractivity contribution in [2.24, 2.45) is 0 Å². The van der Waals surface area contributed by atoms with Gasteiger partial charge in [-0.1, -0.05) is 35.9 Å². The van der Waals surface area contributed by atoms with E-state index in [1.165, 1.54) is 43.6 Å². The Hall–Kier alpha value is -4.95. The quantitative estimate of drug-likeness (QED) is 0.163. The fourth-order valence-electron chi connectivity index (χ4n) is 3.71. The lowest BCUT2D eigenvalue weighted by atomic mass is 10.1. The number of hydrogen-bond acceptors (Lipinski definition) is 7. The maximum atomic E-state index is 13.4. The molecule has 0 unspecified atom stereocenters. The standard InChI is InChI=1S/C26H20N4O6S/c1-17-7-10-21(11-8-17)37(34,35)29-16-19(22-5-3-4-6-24(22)29)13-18(15-27)26(31)28-23-14-20(30(32)33)9-12-25(23)36-2/h3-14,16H,1-2H3,(H,28,31)/b18-13+. The van der Waals surface area contributed by atoms with Crippen molar-refractivity contribution in [2.45, 2.75) is 11.8 Å². The van der Waals surface area contributed by atoms with Crippen molar-refractivity contribution in [3.8, 4) is 11.8 Å². The summed E-state index contributed by atoms with van der Waals surface area (Å²) in [5.74, 6) is -0.684. The van der Waals surface area contributed by atoms with Crippen molar-refractivity contribution in [2.75, 3.05) is 12.4 Å². The number of amides is 1. The first-order valence-electron chi connectivity index (χ1n) is 10.8. The van der Waals surface area contributed by atoms with E-state index in [-0.39, 0.29) is 27.6 Å². The molecule has 1 amide bonds. The lowest BCUT2D eigenvalue weighted by Crippen LogP contribution is -2.14. The maximum Gasteiger partial charge on any atom is 0.271 e. The average Bonchev–Trinajstić information content (AvgIpc) is 3.26. The van der Waals surface area contributed by atoms with E-state index in [9.17, 15) is 28.6 Å². The fraction of sp³-hybridized carbons (Fsp3) is 0.0769. The predicted octanol–water partition coefficient (Wildman–Crippen LogP) is 4.65. The number of anilines is 1. The normalized spacial score (nSPS) is 11.6. The Bertz CT molecular complexity index is 1710. The van der Waals surface area contributed by atoms with Crippen LogP contribution in [0.4, 0.5) is 11.4 Å². The van der Waals surface area contributed by atoms with Gasteiger partial charge in [-0.15, -0.1) is 0 Å². The molecule has 0 saturated carbocycles. The van der Waals surface area contributed by atoms with Gasteiger partial charge < -0.3 is 10.1 Å². The molecule has 0 fully saturated rings. The number of para-hydroxylation sites is 1. The second-order valence-corrected chi connectivity index (χ2v) is 9.80. The minimum absolute atomic E-state index is 0.00669. The molecule has 0 bridgehead atoms. The summed E-state index contributed by atoms with van der Waals surface area (Å²) in [7, 11) is -2.64. The first-order valence-corrected chi connectivity index (χ1v) is 12.3. The van der Waals surface area contributed by atoms with E-state index >= 15 is 0 Å². The number of methoxy groups -OCH3 is 1. The lowest BCUT2D eigenvalue weighted by Gasteiger charge is -2.09. The largest absolute Gasteiger partial charge is 0.495 e. The summed E-state index contributed by atoms with van der Waals surface area (Å²) in [6, 6.07) is 18.6. The van der Waals surface area contributed by atoms with Crippen LogP contribution in [0.25, 0.3) is 17.0 Å². The smallest absolute Gasteiger partial charge is 0.271 e. The molecule has 0 saturated heterocycles. The van der Waals surface area contributed by atoms with Crippen LogP contribution in [-0.2, 0) is 14.8 Å². The maximum absolute atomic E-state index is 13.4. The molecule has 10 nitrogen and oxygen atoms in total. The number of benzene rings is 3. The number of nitriles is 1. The molecule has 0 radical (unpaired) electrons. The van der Waals surface area contributed by atoms with Crippen LogP contribution in [-0.4, -0.2) is 30.3 Å². The van der Waals surface area contributed by atoms with Gasteiger partial charge in [0.05, 0.1) is 28.1 Å². The van der Waals surface area contributed by atoms with Crippen LogP contribution in [0.5, 0.6) is 5.75 Å². The Morgan fingerprint density at radius 3 is 2.49 bits per heavy atom. The molecular formula is C26H20N4O6S. The predicted molar refractivity (Wildman–Crippen MR) is 138 cm³/mol. The summed E-state index contributed by atoms with van der Waals surface area (Å²) in [5.41, 5.74) is 0.987. The highest BCUT2D eigenvalue weighted by molar-refractivity contribution is 7.90. The number of rotatable bonds is 7. The number of fused-ring (bicyclic) bond motifs is 1. The van der Waals surface area contributed by atoms with Gasteiger partial charge in [-0.2, -0.15) is 5.26 Å². The number of nitrogens with zero attached hydrogens (tertiary/aromatic N) is 3. The zero-order valence-electron chi connectivity index (χ0n) is 19.7. The summed E-state index contributed by atoms with van der Waals surface area (Å²) in [4.78, 5) is 23.5. The molecule has 1 heterocycles. The van der Waals surface area contributed by atoms with Crippen LogP contribution in [0.2, 0.25) is 0 Å². The SMILES string of the molecule is COc1ccc([N+](=O)[O-])cc1NC(=O)/C(C#N)=C/c1cn(S(=O)(=O)c2ccc(C)cc2)c2ccccc12. The number of aromatic nitrogens is 1. The zero-order valence-corrected chi connectivity index (χ0v) is 20.5. The first kappa shape index (κ1) is 25.2. The molecule has 1 aromatic heterocycles. The summed E-state index contributed by atoms with van der Waals surface area (Å²) < 4.78 is 33.0. The third-order valence-corrected chi connectivity index (χ3v) is 7.28. The average molecular weight is 517 g/mol. The van der Waals surface area contributed by atoms with Crippen LogP contribution < -0.4 is 10.1 Å². The number of carbonyl (C=O) groups excluding carboxylic acids is 1. The highest BCUT2D eigenvalue weighted by Crippen LogP contribution is 2.30. The van der Waals surface area contributed by atoms with Crippen molar-refractivity contribution in [1.82, 2.24) is 3.97 Å². The van der Waals surface area contributed by atoms with Gasteiger partial charge in [0.2, 0.25) is 0 Å². The number of nitrogens with one attached hydrogen (secondary N) is 1. The number of ether oxygens (including phenoxy) is 1. The Morgan fingerprint density at radius 2 is 1.84 bits per heavy atom. The molecule has 0 spiro atoms. The fourth-order valence-corrected chi connectivity index (χ4v) is 5.09. The molecule has 3 aromatic carbocycles.